The van der Waals surface area contributed by atoms with E-state index in [1.54, 1.807) is 0 Å². The van der Waals surface area contributed by atoms with Gasteiger partial charge in [-0.15, -0.1) is 0 Å². The van der Waals surface area contributed by atoms with Gasteiger partial charge in [-0.2, -0.15) is 0 Å². The number of aliphatic hydroxyl groups is 7. The third-order valence-electron chi connectivity index (χ3n) is 3.42. The minimum Gasteiger partial charge on any atom is -0.394 e. The molecule has 1 rings (SSSR count). The first kappa shape index (κ1) is 19.6. The Kier molecular flexibility index (Phi) is 8.07. The molecule has 0 spiro atoms. The highest BCUT2D eigenvalue weighted by Crippen LogP contribution is 2.22. The van der Waals surface area contributed by atoms with E-state index in [0.717, 1.165) is 0 Å². The van der Waals surface area contributed by atoms with Gasteiger partial charge in [-0.05, 0) is 6.92 Å². The zero-order chi connectivity index (χ0) is 16.9. The fraction of sp³-hybridized carbons (Fsp3) is 1.00. The summed E-state index contributed by atoms with van der Waals surface area (Å²) < 4.78 is 15.1. The number of hydrogen-bond donors (Lipinski definition) is 7. The van der Waals surface area contributed by atoms with Gasteiger partial charge in [0.1, 0.15) is 36.6 Å². The smallest absolute Gasteiger partial charge is 0.189 e. The highest BCUT2D eigenvalue weighted by atomic mass is 16.8. The predicted octanol–water partition coefficient (Wildman–Crippen LogP) is -4.12. The van der Waals surface area contributed by atoms with Crippen molar-refractivity contribution in [1.29, 1.82) is 0 Å². The molecule has 10 heteroatoms. The van der Waals surface area contributed by atoms with E-state index < -0.39 is 69.0 Å². The van der Waals surface area contributed by atoms with Crippen molar-refractivity contribution in [3.8, 4) is 0 Å². The lowest BCUT2D eigenvalue weighted by Gasteiger charge is -2.39. The molecule has 0 radical (unpaired) electrons. The van der Waals surface area contributed by atoms with E-state index in [1.807, 2.05) is 0 Å². The first-order valence-electron chi connectivity index (χ1n) is 6.84. The van der Waals surface area contributed by atoms with E-state index >= 15 is 0 Å². The zero-order valence-electron chi connectivity index (χ0n) is 12.1. The normalized spacial score (nSPS) is 36.8. The molecule has 1 aliphatic rings. The monoisotopic (exact) mass is 328 g/mol. The summed E-state index contributed by atoms with van der Waals surface area (Å²) in [5, 5.41) is 65.7. The average Bonchev–Trinajstić information content (AvgIpc) is 2.50. The molecule has 1 heterocycles. The molecule has 0 aliphatic carbocycles. The third kappa shape index (κ3) is 4.80. The Bertz CT molecular complexity index is 312. The molecule has 0 amide bonds. The Balaban J connectivity index is 2.49. The summed E-state index contributed by atoms with van der Waals surface area (Å²) in [6.45, 7) is -0.386. The minimum atomic E-state index is -1.58. The highest BCUT2D eigenvalue weighted by Gasteiger charge is 2.44. The van der Waals surface area contributed by atoms with Gasteiger partial charge in [-0.25, -0.2) is 0 Å². The lowest BCUT2D eigenvalue weighted by molar-refractivity contribution is -0.321. The molecule has 0 bridgehead atoms. The summed E-state index contributed by atoms with van der Waals surface area (Å²) in [6, 6.07) is 0. The molecule has 0 aromatic rings. The molecule has 22 heavy (non-hydrogen) atoms. The molecule has 1 unspecified atom stereocenters. The standard InChI is InChI=1S/C12H24O10/c1-5(15)8(16)6(2-13)20-4-21-12-11(19)10(18)9(17)7(3-14)22-12/h5-19H,2-4H2,1H3/t5?,6-,7-,8+,9-,10+,11-,12+/m1/s1. The van der Waals surface area contributed by atoms with Crippen LogP contribution in [0.5, 0.6) is 0 Å². The Morgan fingerprint density at radius 2 is 1.68 bits per heavy atom. The van der Waals surface area contributed by atoms with Crippen LogP contribution in [0.4, 0.5) is 0 Å². The SMILES string of the molecule is CC(O)[C@H](O)[C@@H](CO)OCO[C@H]1O[C@H](CO)[C@@H](O)[C@H](O)[C@H]1O. The maximum Gasteiger partial charge on any atom is 0.189 e. The second kappa shape index (κ2) is 9.03. The van der Waals surface area contributed by atoms with Gasteiger partial charge in [-0.1, -0.05) is 0 Å². The van der Waals surface area contributed by atoms with Crippen molar-refractivity contribution in [1.82, 2.24) is 0 Å². The van der Waals surface area contributed by atoms with Crippen molar-refractivity contribution < 1.29 is 50.0 Å². The van der Waals surface area contributed by atoms with Crippen LogP contribution in [0.3, 0.4) is 0 Å². The fourth-order valence-corrected chi connectivity index (χ4v) is 1.97. The third-order valence-corrected chi connectivity index (χ3v) is 3.42. The summed E-state index contributed by atoms with van der Waals surface area (Å²) in [5.41, 5.74) is 0. The molecule has 0 aromatic heterocycles. The van der Waals surface area contributed by atoms with E-state index in [2.05, 4.69) is 0 Å². The second-order valence-electron chi connectivity index (χ2n) is 5.10. The molecule has 1 fully saturated rings. The van der Waals surface area contributed by atoms with Crippen LogP contribution in [0.15, 0.2) is 0 Å². The van der Waals surface area contributed by atoms with E-state index in [9.17, 15) is 25.5 Å². The van der Waals surface area contributed by atoms with Gasteiger partial charge in [0.15, 0.2) is 13.1 Å². The van der Waals surface area contributed by atoms with Crippen LogP contribution in [0.1, 0.15) is 6.92 Å². The first-order chi connectivity index (χ1) is 10.3. The van der Waals surface area contributed by atoms with Crippen molar-refractivity contribution in [2.24, 2.45) is 0 Å². The molecule has 1 saturated heterocycles. The summed E-state index contributed by atoms with van der Waals surface area (Å²) in [5.74, 6) is 0. The van der Waals surface area contributed by atoms with E-state index in [4.69, 9.17) is 24.4 Å². The molecule has 8 atom stereocenters. The van der Waals surface area contributed by atoms with E-state index in [0.29, 0.717) is 0 Å². The topological polar surface area (TPSA) is 169 Å². The quantitative estimate of drug-likeness (QED) is 0.217. The van der Waals surface area contributed by atoms with Gasteiger partial charge in [0.05, 0.1) is 19.3 Å². The van der Waals surface area contributed by atoms with Crippen LogP contribution < -0.4 is 0 Å². The first-order valence-corrected chi connectivity index (χ1v) is 6.84. The van der Waals surface area contributed by atoms with Crippen molar-refractivity contribution in [3.63, 3.8) is 0 Å². The average molecular weight is 328 g/mol. The van der Waals surface area contributed by atoms with Crippen molar-refractivity contribution in [2.75, 3.05) is 20.0 Å². The largest absolute Gasteiger partial charge is 0.394 e. The van der Waals surface area contributed by atoms with Gasteiger partial charge >= 0.3 is 0 Å². The Hall–Kier alpha value is -0.400. The minimum absolute atomic E-state index is 0.530. The van der Waals surface area contributed by atoms with Crippen molar-refractivity contribution >= 4 is 0 Å². The summed E-state index contributed by atoms with van der Waals surface area (Å²) in [4.78, 5) is 0. The molecule has 7 N–H and O–H groups in total. The molecule has 10 nitrogen and oxygen atoms in total. The highest BCUT2D eigenvalue weighted by molar-refractivity contribution is 4.88. The Morgan fingerprint density at radius 3 is 2.18 bits per heavy atom. The van der Waals surface area contributed by atoms with E-state index in [1.165, 1.54) is 6.92 Å². The maximum absolute atomic E-state index is 9.71. The van der Waals surface area contributed by atoms with Crippen LogP contribution in [0, 0.1) is 0 Å². The van der Waals surface area contributed by atoms with Crippen molar-refractivity contribution in [2.45, 2.75) is 55.9 Å². The number of hydrogen-bond acceptors (Lipinski definition) is 10. The fourth-order valence-electron chi connectivity index (χ4n) is 1.97. The Morgan fingerprint density at radius 1 is 1.05 bits per heavy atom. The van der Waals surface area contributed by atoms with Crippen LogP contribution in [0.2, 0.25) is 0 Å². The van der Waals surface area contributed by atoms with Crippen molar-refractivity contribution in [3.05, 3.63) is 0 Å². The van der Waals surface area contributed by atoms with Gasteiger partial charge in [0, 0.05) is 0 Å². The summed E-state index contributed by atoms with van der Waals surface area (Å²) in [7, 11) is 0. The molecule has 132 valence electrons. The van der Waals surface area contributed by atoms with Gasteiger partial charge in [-0.3, -0.25) is 0 Å². The molecule has 0 aromatic carbocycles. The van der Waals surface area contributed by atoms with Crippen LogP contribution in [-0.4, -0.2) is 105 Å². The predicted molar refractivity (Wildman–Crippen MR) is 69.4 cm³/mol. The maximum atomic E-state index is 9.71. The van der Waals surface area contributed by atoms with Gasteiger partial charge < -0.3 is 50.0 Å². The van der Waals surface area contributed by atoms with Gasteiger partial charge in [0.25, 0.3) is 0 Å². The van der Waals surface area contributed by atoms with Gasteiger partial charge in [0.2, 0.25) is 0 Å². The lowest BCUT2D eigenvalue weighted by atomic mass is 9.99. The molecule has 0 saturated carbocycles. The number of rotatable bonds is 8. The molecular formula is C12H24O10. The van der Waals surface area contributed by atoms with Crippen LogP contribution >= 0.6 is 0 Å². The lowest BCUT2D eigenvalue weighted by Crippen LogP contribution is -2.59. The summed E-state index contributed by atoms with van der Waals surface area (Å²) in [6.07, 6.45) is -10.7. The number of aliphatic hydroxyl groups excluding tert-OH is 7. The second-order valence-corrected chi connectivity index (χ2v) is 5.10. The Labute approximate surface area is 127 Å². The molecule has 1 aliphatic heterocycles. The zero-order valence-corrected chi connectivity index (χ0v) is 12.1. The summed E-state index contributed by atoms with van der Waals surface area (Å²) >= 11 is 0. The number of ether oxygens (including phenoxy) is 3. The van der Waals surface area contributed by atoms with E-state index in [-0.39, 0.29) is 0 Å². The van der Waals surface area contributed by atoms with Crippen LogP contribution in [0.25, 0.3) is 0 Å². The molecular weight excluding hydrogens is 304 g/mol. The van der Waals surface area contributed by atoms with Crippen LogP contribution in [-0.2, 0) is 14.2 Å².